The zero-order chi connectivity index (χ0) is 12.6. The topological polar surface area (TPSA) is 29.5 Å². The van der Waals surface area contributed by atoms with Gasteiger partial charge >= 0.3 is 6.09 Å². The first-order valence-corrected chi connectivity index (χ1v) is 7.60. The molecule has 0 radical (unpaired) electrons. The second-order valence-corrected chi connectivity index (χ2v) is 5.50. The molecule has 0 atom stereocenters. The molecule has 2 fully saturated rings. The van der Waals surface area contributed by atoms with Crippen LogP contribution in [0, 0.1) is 0 Å². The number of benzene rings is 1. The van der Waals surface area contributed by atoms with Gasteiger partial charge in [0.25, 0.3) is 0 Å². The smallest absolute Gasteiger partial charge is 0.414 e. The predicted octanol–water partition coefficient (Wildman–Crippen LogP) is 3.55. The van der Waals surface area contributed by atoms with E-state index in [9.17, 15) is 4.79 Å². The van der Waals surface area contributed by atoms with E-state index >= 15 is 0 Å². The molecular weight excluding hydrogens is 246 g/mol. The molecule has 3 rings (SSSR count). The first kappa shape index (κ1) is 13.3. The van der Waals surface area contributed by atoms with Gasteiger partial charge in [-0.1, -0.05) is 24.6 Å². The molecule has 98 valence electrons. The van der Waals surface area contributed by atoms with Crippen LogP contribution in [-0.2, 0) is 4.74 Å². The van der Waals surface area contributed by atoms with Crippen LogP contribution >= 0.6 is 11.8 Å². The maximum atomic E-state index is 11.1. The second kappa shape index (κ2) is 7.31. The summed E-state index contributed by atoms with van der Waals surface area (Å²) in [6.07, 6.45) is 4.16. The Balaban J connectivity index is 0.000000169. The molecule has 1 aromatic rings. The number of carbonyl (C=O) groups excluding carboxylic acids is 1. The molecule has 0 N–H and O–H groups in total. The maximum Gasteiger partial charge on any atom is 0.414 e. The van der Waals surface area contributed by atoms with Crippen molar-refractivity contribution in [1.29, 1.82) is 0 Å². The molecule has 2 aliphatic rings. The molecular formula is C14H19NO2S. The fraction of sp³-hybridized carbons (Fsp3) is 0.500. The first-order valence-electron chi connectivity index (χ1n) is 6.45. The zero-order valence-corrected chi connectivity index (χ0v) is 11.3. The van der Waals surface area contributed by atoms with Crippen LogP contribution in [0.1, 0.15) is 19.3 Å². The average Bonchev–Trinajstić information content (AvgIpc) is 2.89. The molecule has 0 bridgehead atoms. The molecule has 0 unspecified atom stereocenters. The molecule has 2 heterocycles. The van der Waals surface area contributed by atoms with Gasteiger partial charge in [0.2, 0.25) is 0 Å². The van der Waals surface area contributed by atoms with E-state index < -0.39 is 0 Å². The highest BCUT2D eigenvalue weighted by Gasteiger charge is 2.22. The largest absolute Gasteiger partial charge is 0.447 e. The lowest BCUT2D eigenvalue weighted by Gasteiger charge is -2.11. The number of nitrogens with zero attached hydrogens (tertiary/aromatic N) is 1. The van der Waals surface area contributed by atoms with Gasteiger partial charge in [-0.3, -0.25) is 4.90 Å². The summed E-state index contributed by atoms with van der Waals surface area (Å²) in [7, 11) is 0. The summed E-state index contributed by atoms with van der Waals surface area (Å²) in [4.78, 5) is 12.7. The quantitative estimate of drug-likeness (QED) is 0.777. The molecule has 0 aromatic heterocycles. The number of ether oxygens (including phenoxy) is 1. The van der Waals surface area contributed by atoms with Crippen molar-refractivity contribution in [2.24, 2.45) is 0 Å². The standard InChI is InChI=1S/C9H9NO2.C5H10S/c11-9-10(6-7-12-9)8-4-2-1-3-5-8;1-2-4-6-5-3-1/h1-5H,6-7H2;1-5H2. The minimum Gasteiger partial charge on any atom is -0.447 e. The highest BCUT2D eigenvalue weighted by molar-refractivity contribution is 7.99. The minimum atomic E-state index is -0.249. The van der Waals surface area contributed by atoms with Crippen LogP contribution in [0.5, 0.6) is 0 Å². The van der Waals surface area contributed by atoms with Gasteiger partial charge in [-0.05, 0) is 36.5 Å². The van der Waals surface area contributed by atoms with Crippen molar-refractivity contribution in [2.45, 2.75) is 19.3 Å². The van der Waals surface area contributed by atoms with E-state index in [-0.39, 0.29) is 6.09 Å². The van der Waals surface area contributed by atoms with Gasteiger partial charge in [0.1, 0.15) is 6.61 Å². The summed E-state index contributed by atoms with van der Waals surface area (Å²) >= 11 is 2.09. The number of thioether (sulfide) groups is 1. The second-order valence-electron chi connectivity index (χ2n) is 4.27. The average molecular weight is 265 g/mol. The number of amides is 1. The molecule has 0 aliphatic carbocycles. The lowest BCUT2D eigenvalue weighted by molar-refractivity contribution is 0.181. The Hall–Kier alpha value is -1.16. The van der Waals surface area contributed by atoms with E-state index in [2.05, 4.69) is 11.8 Å². The summed E-state index contributed by atoms with van der Waals surface area (Å²) in [5.74, 6) is 2.83. The van der Waals surface area contributed by atoms with Gasteiger partial charge in [-0.2, -0.15) is 11.8 Å². The van der Waals surface area contributed by atoms with Gasteiger partial charge < -0.3 is 4.74 Å². The minimum absolute atomic E-state index is 0.249. The molecule has 2 saturated heterocycles. The van der Waals surface area contributed by atoms with E-state index in [1.165, 1.54) is 30.8 Å². The third-order valence-electron chi connectivity index (χ3n) is 2.91. The van der Waals surface area contributed by atoms with E-state index in [0.29, 0.717) is 13.2 Å². The molecule has 4 heteroatoms. The van der Waals surface area contributed by atoms with E-state index in [0.717, 1.165) is 5.69 Å². The van der Waals surface area contributed by atoms with Crippen molar-refractivity contribution in [2.75, 3.05) is 29.6 Å². The van der Waals surface area contributed by atoms with E-state index in [4.69, 9.17) is 4.74 Å². The lowest BCUT2D eigenvalue weighted by atomic mass is 10.3. The van der Waals surface area contributed by atoms with Crippen LogP contribution < -0.4 is 4.90 Å². The highest BCUT2D eigenvalue weighted by Crippen LogP contribution is 2.17. The Labute approximate surface area is 113 Å². The van der Waals surface area contributed by atoms with Gasteiger partial charge in [0, 0.05) is 5.69 Å². The summed E-state index contributed by atoms with van der Waals surface area (Å²) in [6, 6.07) is 9.52. The molecule has 1 aromatic carbocycles. The van der Waals surface area contributed by atoms with Crippen LogP contribution in [0.2, 0.25) is 0 Å². The summed E-state index contributed by atoms with van der Waals surface area (Å²) < 4.78 is 4.81. The van der Waals surface area contributed by atoms with Gasteiger partial charge in [0.15, 0.2) is 0 Å². The SMILES string of the molecule is C1CCSCC1.O=C1OCCN1c1ccccc1. The van der Waals surface area contributed by atoms with Crippen LogP contribution in [0.15, 0.2) is 30.3 Å². The monoisotopic (exact) mass is 265 g/mol. The van der Waals surface area contributed by atoms with Gasteiger partial charge in [0.05, 0.1) is 6.54 Å². The third-order valence-corrected chi connectivity index (χ3v) is 4.06. The van der Waals surface area contributed by atoms with Crippen molar-refractivity contribution < 1.29 is 9.53 Å². The Bertz CT molecular complexity index is 354. The van der Waals surface area contributed by atoms with Gasteiger partial charge in [-0.15, -0.1) is 0 Å². The summed E-state index contributed by atoms with van der Waals surface area (Å²) in [6.45, 7) is 1.15. The maximum absolute atomic E-state index is 11.1. The Morgan fingerprint density at radius 1 is 1.06 bits per heavy atom. The van der Waals surface area contributed by atoms with Crippen molar-refractivity contribution in [1.82, 2.24) is 0 Å². The fourth-order valence-corrected chi connectivity index (χ4v) is 2.94. The zero-order valence-electron chi connectivity index (χ0n) is 10.5. The molecule has 1 amide bonds. The fourth-order valence-electron chi connectivity index (χ4n) is 1.92. The molecule has 2 aliphatic heterocycles. The molecule has 18 heavy (non-hydrogen) atoms. The van der Waals surface area contributed by atoms with E-state index in [1.807, 2.05) is 30.3 Å². The number of hydrogen-bond acceptors (Lipinski definition) is 3. The van der Waals surface area contributed by atoms with Crippen LogP contribution in [-0.4, -0.2) is 30.8 Å². The Morgan fingerprint density at radius 2 is 1.78 bits per heavy atom. The van der Waals surface area contributed by atoms with Crippen molar-refractivity contribution >= 4 is 23.5 Å². The predicted molar refractivity (Wildman–Crippen MR) is 76.3 cm³/mol. The molecule has 0 saturated carbocycles. The highest BCUT2D eigenvalue weighted by atomic mass is 32.2. The van der Waals surface area contributed by atoms with Crippen LogP contribution in [0.4, 0.5) is 10.5 Å². The number of anilines is 1. The Kier molecular flexibility index (Phi) is 5.39. The third kappa shape index (κ3) is 3.95. The van der Waals surface area contributed by atoms with Crippen molar-refractivity contribution in [3.05, 3.63) is 30.3 Å². The number of para-hydroxylation sites is 1. The number of carbonyl (C=O) groups is 1. The summed E-state index contributed by atoms with van der Waals surface area (Å²) in [5.41, 5.74) is 0.903. The van der Waals surface area contributed by atoms with Crippen molar-refractivity contribution in [3.63, 3.8) is 0 Å². The van der Waals surface area contributed by atoms with Gasteiger partial charge in [-0.25, -0.2) is 4.79 Å². The Morgan fingerprint density at radius 3 is 2.22 bits per heavy atom. The molecule has 3 nitrogen and oxygen atoms in total. The molecule has 0 spiro atoms. The first-order chi connectivity index (χ1) is 8.88. The lowest BCUT2D eigenvalue weighted by Crippen LogP contribution is -2.22. The number of hydrogen-bond donors (Lipinski definition) is 0. The van der Waals surface area contributed by atoms with E-state index in [1.54, 1.807) is 4.90 Å². The normalized spacial score (nSPS) is 18.9. The summed E-state index contributed by atoms with van der Waals surface area (Å²) in [5, 5.41) is 0. The number of cyclic esters (lactones) is 1. The van der Waals surface area contributed by atoms with Crippen molar-refractivity contribution in [3.8, 4) is 0 Å². The van der Waals surface area contributed by atoms with Crippen LogP contribution in [0.25, 0.3) is 0 Å². The number of rotatable bonds is 1. The van der Waals surface area contributed by atoms with Crippen LogP contribution in [0.3, 0.4) is 0 Å².